The van der Waals surface area contributed by atoms with E-state index in [2.05, 4.69) is 5.32 Å². The van der Waals surface area contributed by atoms with E-state index in [4.69, 9.17) is 0 Å². The molecule has 3 rings (SSSR count). The molecule has 1 atom stereocenters. The fourth-order valence-corrected chi connectivity index (χ4v) is 2.95. The highest BCUT2D eigenvalue weighted by Gasteiger charge is 2.37. The average molecular weight is 362 g/mol. The molecule has 4 nitrogen and oxygen atoms in total. The van der Waals surface area contributed by atoms with E-state index in [-0.39, 0.29) is 24.6 Å². The van der Waals surface area contributed by atoms with Crippen molar-refractivity contribution in [2.24, 2.45) is 5.92 Å². The second-order valence-corrected chi connectivity index (χ2v) is 6.41. The van der Waals surface area contributed by atoms with Gasteiger partial charge >= 0.3 is 0 Å². The van der Waals surface area contributed by atoms with Gasteiger partial charge in [-0.3, -0.25) is 9.59 Å². The van der Waals surface area contributed by atoms with Gasteiger partial charge in [-0.25, -0.2) is 13.2 Å². The molecular weight excluding hydrogens is 345 g/mol. The third kappa shape index (κ3) is 3.29. The second-order valence-electron chi connectivity index (χ2n) is 6.41. The monoisotopic (exact) mass is 362 g/mol. The molecule has 0 aromatic heterocycles. The molecule has 1 aliphatic rings. The SMILES string of the molecule is Cc1ccc(C)c(NC(=O)C2CC(=O)N(c3ccc(F)c(F)c3F)C2)c1. The molecule has 0 aliphatic carbocycles. The van der Waals surface area contributed by atoms with E-state index in [1.54, 1.807) is 0 Å². The maximum atomic E-state index is 14.0. The summed E-state index contributed by atoms with van der Waals surface area (Å²) in [5, 5.41) is 2.78. The summed E-state index contributed by atoms with van der Waals surface area (Å²) in [4.78, 5) is 25.6. The van der Waals surface area contributed by atoms with E-state index in [0.717, 1.165) is 28.2 Å². The molecule has 1 unspecified atom stereocenters. The van der Waals surface area contributed by atoms with Crippen molar-refractivity contribution in [3.05, 3.63) is 58.9 Å². The zero-order valence-corrected chi connectivity index (χ0v) is 14.3. The molecule has 1 N–H and O–H groups in total. The summed E-state index contributed by atoms with van der Waals surface area (Å²) in [5.41, 5.74) is 2.12. The number of anilines is 2. The number of carbonyl (C=O) groups excluding carboxylic acids is 2. The van der Waals surface area contributed by atoms with Crippen molar-refractivity contribution in [1.29, 1.82) is 0 Å². The van der Waals surface area contributed by atoms with Gasteiger partial charge in [-0.1, -0.05) is 12.1 Å². The Labute approximate surface area is 148 Å². The summed E-state index contributed by atoms with van der Waals surface area (Å²) in [5.74, 6) is -6.02. The number of carbonyl (C=O) groups is 2. The summed E-state index contributed by atoms with van der Waals surface area (Å²) >= 11 is 0. The van der Waals surface area contributed by atoms with Crippen molar-refractivity contribution in [2.45, 2.75) is 20.3 Å². The number of hydrogen-bond acceptors (Lipinski definition) is 2. The Hall–Kier alpha value is -2.83. The Kier molecular flexibility index (Phi) is 4.71. The molecule has 2 aromatic carbocycles. The third-order valence-electron chi connectivity index (χ3n) is 4.45. The summed E-state index contributed by atoms with van der Waals surface area (Å²) in [6, 6.07) is 7.35. The first kappa shape index (κ1) is 18.0. The van der Waals surface area contributed by atoms with E-state index in [9.17, 15) is 22.8 Å². The molecule has 7 heteroatoms. The first-order chi connectivity index (χ1) is 12.3. The van der Waals surface area contributed by atoms with Crippen LogP contribution in [0.1, 0.15) is 17.5 Å². The van der Waals surface area contributed by atoms with Gasteiger partial charge in [0.05, 0.1) is 11.6 Å². The summed E-state index contributed by atoms with van der Waals surface area (Å²) in [6.07, 6.45) is -0.130. The summed E-state index contributed by atoms with van der Waals surface area (Å²) < 4.78 is 40.5. The quantitative estimate of drug-likeness (QED) is 0.847. The van der Waals surface area contributed by atoms with Crippen LogP contribution in [0.4, 0.5) is 24.5 Å². The van der Waals surface area contributed by atoms with Crippen molar-refractivity contribution < 1.29 is 22.8 Å². The van der Waals surface area contributed by atoms with Crippen LogP contribution in [0.25, 0.3) is 0 Å². The van der Waals surface area contributed by atoms with E-state index in [1.165, 1.54) is 0 Å². The number of nitrogens with one attached hydrogen (secondary N) is 1. The van der Waals surface area contributed by atoms with Crippen LogP contribution >= 0.6 is 0 Å². The average Bonchev–Trinajstić information content (AvgIpc) is 2.98. The highest BCUT2D eigenvalue weighted by atomic mass is 19.2. The fraction of sp³-hybridized carbons (Fsp3) is 0.263. The first-order valence-corrected chi connectivity index (χ1v) is 8.10. The number of aryl methyl sites for hydroxylation is 2. The first-order valence-electron chi connectivity index (χ1n) is 8.10. The lowest BCUT2D eigenvalue weighted by atomic mass is 10.1. The molecule has 26 heavy (non-hydrogen) atoms. The second kappa shape index (κ2) is 6.82. The van der Waals surface area contributed by atoms with Crippen LogP contribution in [0.5, 0.6) is 0 Å². The van der Waals surface area contributed by atoms with Crippen molar-refractivity contribution in [1.82, 2.24) is 0 Å². The lowest BCUT2D eigenvalue weighted by Gasteiger charge is -2.18. The van der Waals surface area contributed by atoms with E-state index in [0.29, 0.717) is 5.69 Å². The largest absolute Gasteiger partial charge is 0.326 e. The van der Waals surface area contributed by atoms with Crippen LogP contribution in [0, 0.1) is 37.2 Å². The van der Waals surface area contributed by atoms with Gasteiger partial charge in [0.25, 0.3) is 0 Å². The molecule has 2 amide bonds. The number of rotatable bonds is 3. The maximum absolute atomic E-state index is 14.0. The van der Waals surface area contributed by atoms with Crippen molar-refractivity contribution >= 4 is 23.2 Å². The number of amides is 2. The predicted molar refractivity (Wildman–Crippen MR) is 91.3 cm³/mol. The molecule has 0 saturated carbocycles. The Bertz CT molecular complexity index is 899. The lowest BCUT2D eigenvalue weighted by Crippen LogP contribution is -2.29. The fourth-order valence-electron chi connectivity index (χ4n) is 2.95. The lowest BCUT2D eigenvalue weighted by molar-refractivity contribution is -0.122. The summed E-state index contributed by atoms with van der Waals surface area (Å²) in [7, 11) is 0. The minimum Gasteiger partial charge on any atom is -0.326 e. The Balaban J connectivity index is 1.78. The molecule has 1 heterocycles. The van der Waals surface area contributed by atoms with Gasteiger partial charge in [0.1, 0.15) is 0 Å². The molecule has 1 saturated heterocycles. The van der Waals surface area contributed by atoms with Gasteiger partial charge in [-0.15, -0.1) is 0 Å². The minimum atomic E-state index is -1.64. The molecule has 1 aliphatic heterocycles. The molecule has 136 valence electrons. The van der Waals surface area contributed by atoms with Crippen LogP contribution in [0.15, 0.2) is 30.3 Å². The van der Waals surface area contributed by atoms with Gasteiger partial charge in [0.15, 0.2) is 17.5 Å². The van der Waals surface area contributed by atoms with Crippen LogP contribution in [-0.4, -0.2) is 18.4 Å². The van der Waals surface area contributed by atoms with Gasteiger partial charge in [0.2, 0.25) is 11.8 Å². The minimum absolute atomic E-state index is 0.0997. The van der Waals surface area contributed by atoms with Crippen molar-refractivity contribution in [3.63, 3.8) is 0 Å². The van der Waals surface area contributed by atoms with Crippen molar-refractivity contribution in [3.8, 4) is 0 Å². The number of benzene rings is 2. The third-order valence-corrected chi connectivity index (χ3v) is 4.45. The zero-order chi connectivity index (χ0) is 19.0. The molecule has 0 radical (unpaired) electrons. The van der Waals surface area contributed by atoms with Crippen LogP contribution in [-0.2, 0) is 9.59 Å². The molecular formula is C19H17F3N2O2. The van der Waals surface area contributed by atoms with Gasteiger partial charge in [-0.2, -0.15) is 0 Å². The normalized spacial score (nSPS) is 16.9. The highest BCUT2D eigenvalue weighted by molar-refractivity contribution is 6.03. The summed E-state index contributed by atoms with van der Waals surface area (Å²) in [6.45, 7) is 3.64. The Morgan fingerprint density at radius 1 is 1.12 bits per heavy atom. The highest BCUT2D eigenvalue weighted by Crippen LogP contribution is 2.30. The topological polar surface area (TPSA) is 49.4 Å². The maximum Gasteiger partial charge on any atom is 0.229 e. The molecule has 0 spiro atoms. The van der Waals surface area contributed by atoms with Gasteiger partial charge < -0.3 is 10.2 Å². The van der Waals surface area contributed by atoms with Crippen LogP contribution < -0.4 is 10.2 Å². The number of halogens is 3. The van der Waals surface area contributed by atoms with Crippen LogP contribution in [0.3, 0.4) is 0 Å². The zero-order valence-electron chi connectivity index (χ0n) is 14.3. The Morgan fingerprint density at radius 2 is 1.85 bits per heavy atom. The Morgan fingerprint density at radius 3 is 2.58 bits per heavy atom. The number of hydrogen-bond donors (Lipinski definition) is 1. The van der Waals surface area contributed by atoms with E-state index in [1.807, 2.05) is 32.0 Å². The van der Waals surface area contributed by atoms with Crippen molar-refractivity contribution in [2.75, 3.05) is 16.8 Å². The predicted octanol–water partition coefficient (Wildman–Crippen LogP) is 3.71. The molecule has 0 bridgehead atoms. The standard InChI is InChI=1S/C19H17F3N2O2/c1-10-3-4-11(2)14(7-10)23-19(26)12-8-16(25)24(9-12)15-6-5-13(20)17(21)18(15)22/h3-7,12H,8-9H2,1-2H3,(H,23,26). The van der Waals surface area contributed by atoms with Gasteiger partial charge in [0, 0.05) is 18.7 Å². The molecule has 2 aromatic rings. The van der Waals surface area contributed by atoms with E-state index >= 15 is 0 Å². The molecule has 1 fully saturated rings. The van der Waals surface area contributed by atoms with Crippen LogP contribution in [0.2, 0.25) is 0 Å². The smallest absolute Gasteiger partial charge is 0.229 e. The van der Waals surface area contributed by atoms with Gasteiger partial charge in [-0.05, 0) is 43.2 Å². The van der Waals surface area contributed by atoms with E-state index < -0.39 is 29.3 Å². The number of nitrogens with zero attached hydrogens (tertiary/aromatic N) is 1.